The molecule has 5 heteroatoms. The Bertz CT molecular complexity index is 455. The van der Waals surface area contributed by atoms with Crippen molar-refractivity contribution in [2.75, 3.05) is 13.2 Å². The second-order valence-corrected chi connectivity index (χ2v) is 4.56. The average molecular weight is 262 g/mol. The van der Waals surface area contributed by atoms with Gasteiger partial charge in [-0.2, -0.15) is 0 Å². The fourth-order valence-corrected chi connectivity index (χ4v) is 1.99. The molecular formula is C14H18N2O3. The monoisotopic (exact) mass is 262 g/mol. The van der Waals surface area contributed by atoms with Crippen LogP contribution in [0.5, 0.6) is 0 Å². The van der Waals surface area contributed by atoms with Crippen molar-refractivity contribution in [1.29, 1.82) is 0 Å². The molecule has 19 heavy (non-hydrogen) atoms. The van der Waals surface area contributed by atoms with Crippen LogP contribution in [0.2, 0.25) is 0 Å². The van der Waals surface area contributed by atoms with Gasteiger partial charge in [-0.3, -0.25) is 4.79 Å². The molecule has 1 aromatic rings. The molecule has 1 aromatic carbocycles. The molecule has 1 aliphatic rings. The number of amides is 2. The van der Waals surface area contributed by atoms with Gasteiger partial charge in [-0.1, -0.05) is 30.3 Å². The van der Waals surface area contributed by atoms with E-state index < -0.39 is 5.97 Å². The summed E-state index contributed by atoms with van der Waals surface area (Å²) in [4.78, 5) is 22.9. The standard InChI is InChI=1S/C14H18N2O3/c1-2-19-12(17)10-15-13(18)16-14(8-9-14)11-6-4-3-5-7-11/h3-7H,2,8-10H2,1H3,(H2,15,16,18). The molecule has 1 fully saturated rings. The van der Waals surface area contributed by atoms with E-state index in [1.54, 1.807) is 6.92 Å². The summed E-state index contributed by atoms with van der Waals surface area (Å²) < 4.78 is 4.74. The van der Waals surface area contributed by atoms with Gasteiger partial charge in [0.15, 0.2) is 0 Å². The maximum absolute atomic E-state index is 11.8. The van der Waals surface area contributed by atoms with Crippen molar-refractivity contribution in [2.45, 2.75) is 25.3 Å². The predicted octanol–water partition coefficient (Wildman–Crippen LogP) is 1.54. The molecule has 1 saturated carbocycles. The molecule has 2 rings (SSSR count). The van der Waals surface area contributed by atoms with E-state index in [4.69, 9.17) is 4.74 Å². The largest absolute Gasteiger partial charge is 0.465 e. The normalized spacial score (nSPS) is 15.4. The van der Waals surface area contributed by atoms with Gasteiger partial charge in [0.25, 0.3) is 0 Å². The highest BCUT2D eigenvalue weighted by atomic mass is 16.5. The van der Waals surface area contributed by atoms with E-state index in [1.165, 1.54) is 0 Å². The molecule has 102 valence electrons. The molecule has 5 nitrogen and oxygen atoms in total. The van der Waals surface area contributed by atoms with E-state index in [2.05, 4.69) is 10.6 Å². The number of benzene rings is 1. The number of carbonyl (C=O) groups is 2. The zero-order chi connectivity index (χ0) is 13.7. The van der Waals surface area contributed by atoms with Gasteiger partial charge in [0, 0.05) is 0 Å². The van der Waals surface area contributed by atoms with Crippen molar-refractivity contribution >= 4 is 12.0 Å². The summed E-state index contributed by atoms with van der Waals surface area (Å²) in [7, 11) is 0. The quantitative estimate of drug-likeness (QED) is 0.791. The van der Waals surface area contributed by atoms with E-state index in [1.807, 2.05) is 30.3 Å². The summed E-state index contributed by atoms with van der Waals surface area (Å²) in [6.07, 6.45) is 1.84. The summed E-state index contributed by atoms with van der Waals surface area (Å²) in [5.74, 6) is -0.429. The van der Waals surface area contributed by atoms with Crippen LogP contribution in [0, 0.1) is 0 Å². The van der Waals surface area contributed by atoms with Crippen LogP contribution in [0.3, 0.4) is 0 Å². The van der Waals surface area contributed by atoms with Crippen molar-refractivity contribution in [3.63, 3.8) is 0 Å². The fraction of sp³-hybridized carbons (Fsp3) is 0.429. The Labute approximate surface area is 112 Å². The van der Waals surface area contributed by atoms with E-state index in [0.717, 1.165) is 18.4 Å². The number of nitrogens with one attached hydrogen (secondary N) is 2. The minimum atomic E-state index is -0.429. The molecule has 0 aliphatic heterocycles. The Hall–Kier alpha value is -2.04. The predicted molar refractivity (Wildman–Crippen MR) is 70.5 cm³/mol. The van der Waals surface area contributed by atoms with Gasteiger partial charge in [0.05, 0.1) is 12.1 Å². The van der Waals surface area contributed by atoms with Crippen molar-refractivity contribution in [3.05, 3.63) is 35.9 Å². The molecule has 2 amide bonds. The van der Waals surface area contributed by atoms with Crippen LogP contribution >= 0.6 is 0 Å². The van der Waals surface area contributed by atoms with Gasteiger partial charge >= 0.3 is 12.0 Å². The molecule has 0 radical (unpaired) electrons. The second-order valence-electron chi connectivity index (χ2n) is 4.56. The van der Waals surface area contributed by atoms with Crippen LogP contribution in [-0.4, -0.2) is 25.2 Å². The van der Waals surface area contributed by atoms with Gasteiger partial charge in [-0.05, 0) is 25.3 Å². The number of ether oxygens (including phenoxy) is 1. The first kappa shape index (κ1) is 13.4. The van der Waals surface area contributed by atoms with Crippen molar-refractivity contribution in [3.8, 4) is 0 Å². The molecule has 0 heterocycles. The maximum Gasteiger partial charge on any atom is 0.325 e. The van der Waals surface area contributed by atoms with Crippen LogP contribution in [0.15, 0.2) is 30.3 Å². The average Bonchev–Trinajstić information content (AvgIpc) is 3.19. The molecular weight excluding hydrogens is 244 g/mol. The third kappa shape index (κ3) is 3.47. The van der Waals surface area contributed by atoms with Gasteiger partial charge < -0.3 is 15.4 Å². The van der Waals surface area contributed by atoms with Crippen LogP contribution in [0.1, 0.15) is 25.3 Å². The lowest BCUT2D eigenvalue weighted by Gasteiger charge is -2.18. The molecule has 0 aromatic heterocycles. The molecule has 0 spiro atoms. The smallest absolute Gasteiger partial charge is 0.325 e. The number of rotatable bonds is 5. The molecule has 0 unspecified atom stereocenters. The van der Waals surface area contributed by atoms with Gasteiger partial charge in [-0.15, -0.1) is 0 Å². The van der Waals surface area contributed by atoms with Crippen LogP contribution in [0.4, 0.5) is 4.79 Å². The topological polar surface area (TPSA) is 67.4 Å². The summed E-state index contributed by atoms with van der Waals surface area (Å²) in [5, 5.41) is 5.43. The lowest BCUT2D eigenvalue weighted by Crippen LogP contribution is -2.44. The first-order valence-corrected chi connectivity index (χ1v) is 6.43. The van der Waals surface area contributed by atoms with Gasteiger partial charge in [-0.25, -0.2) is 4.79 Å². The van der Waals surface area contributed by atoms with Crippen LogP contribution in [-0.2, 0) is 15.1 Å². The fourth-order valence-electron chi connectivity index (χ4n) is 1.99. The lowest BCUT2D eigenvalue weighted by atomic mass is 10.1. The summed E-state index contributed by atoms with van der Waals surface area (Å²) in [6, 6.07) is 9.51. The maximum atomic E-state index is 11.8. The summed E-state index contributed by atoms with van der Waals surface area (Å²) in [6.45, 7) is 1.94. The zero-order valence-corrected chi connectivity index (χ0v) is 10.9. The van der Waals surface area contributed by atoms with E-state index in [-0.39, 0.29) is 18.1 Å². The SMILES string of the molecule is CCOC(=O)CNC(=O)NC1(c2ccccc2)CC1. The number of carbonyl (C=O) groups excluding carboxylic acids is 2. The van der Waals surface area contributed by atoms with Crippen molar-refractivity contribution in [2.24, 2.45) is 0 Å². The Morgan fingerprint density at radius 1 is 1.26 bits per heavy atom. The third-order valence-corrected chi connectivity index (χ3v) is 3.13. The summed E-state index contributed by atoms with van der Waals surface area (Å²) >= 11 is 0. The summed E-state index contributed by atoms with van der Waals surface area (Å²) in [5.41, 5.74) is 0.835. The Morgan fingerprint density at radius 2 is 1.95 bits per heavy atom. The molecule has 0 bridgehead atoms. The minimum Gasteiger partial charge on any atom is -0.465 e. The Balaban J connectivity index is 1.84. The number of urea groups is 1. The van der Waals surface area contributed by atoms with Gasteiger partial charge in [0.1, 0.15) is 6.54 Å². The van der Waals surface area contributed by atoms with Crippen LogP contribution < -0.4 is 10.6 Å². The Kier molecular flexibility index (Phi) is 4.04. The molecule has 0 atom stereocenters. The highest BCUT2D eigenvalue weighted by Gasteiger charge is 2.45. The van der Waals surface area contributed by atoms with Crippen molar-refractivity contribution < 1.29 is 14.3 Å². The second kappa shape index (κ2) is 5.73. The molecule has 0 saturated heterocycles. The number of hydrogen-bond acceptors (Lipinski definition) is 3. The zero-order valence-electron chi connectivity index (χ0n) is 10.9. The molecule has 1 aliphatic carbocycles. The number of esters is 1. The van der Waals surface area contributed by atoms with E-state index in [0.29, 0.717) is 6.61 Å². The van der Waals surface area contributed by atoms with Gasteiger partial charge in [0.2, 0.25) is 0 Å². The van der Waals surface area contributed by atoms with E-state index >= 15 is 0 Å². The lowest BCUT2D eigenvalue weighted by molar-refractivity contribution is -0.141. The number of hydrogen-bond donors (Lipinski definition) is 2. The highest BCUT2D eigenvalue weighted by molar-refractivity contribution is 5.81. The first-order chi connectivity index (χ1) is 9.16. The van der Waals surface area contributed by atoms with Crippen molar-refractivity contribution in [1.82, 2.24) is 10.6 Å². The van der Waals surface area contributed by atoms with E-state index in [9.17, 15) is 9.59 Å². The third-order valence-electron chi connectivity index (χ3n) is 3.13. The molecule has 2 N–H and O–H groups in total. The van der Waals surface area contributed by atoms with Crippen LogP contribution in [0.25, 0.3) is 0 Å². The minimum absolute atomic E-state index is 0.107. The first-order valence-electron chi connectivity index (χ1n) is 6.43. The Morgan fingerprint density at radius 3 is 2.53 bits per heavy atom. The highest BCUT2D eigenvalue weighted by Crippen LogP contribution is 2.45.